The molecular formula is C20H24F5N5O2. The van der Waals surface area contributed by atoms with Crippen LogP contribution in [0.1, 0.15) is 38.3 Å². The Hall–Kier alpha value is -2.76. The van der Waals surface area contributed by atoms with Gasteiger partial charge in [-0.1, -0.05) is 19.9 Å². The molecule has 0 spiro atoms. The van der Waals surface area contributed by atoms with Gasteiger partial charge >= 0.3 is 6.18 Å². The maximum atomic E-state index is 13.4. The minimum Gasteiger partial charge on any atom is -0.471 e. The molecular weight excluding hydrogens is 437 g/mol. The predicted molar refractivity (Wildman–Crippen MR) is 107 cm³/mol. The molecule has 1 aliphatic carbocycles. The summed E-state index contributed by atoms with van der Waals surface area (Å²) >= 11 is 0. The summed E-state index contributed by atoms with van der Waals surface area (Å²) in [5, 5.41) is 15.4. The molecule has 32 heavy (non-hydrogen) atoms. The van der Waals surface area contributed by atoms with Crippen molar-refractivity contribution in [3.05, 3.63) is 35.7 Å². The largest absolute Gasteiger partial charge is 0.471 e. The highest BCUT2D eigenvalue weighted by atomic mass is 19.4. The minimum absolute atomic E-state index is 0.0170. The summed E-state index contributed by atoms with van der Waals surface area (Å²) in [6.07, 6.45) is -2.98. The van der Waals surface area contributed by atoms with Crippen LogP contribution in [0.15, 0.2) is 24.5 Å². The first-order valence-electron chi connectivity index (χ1n) is 9.84. The fourth-order valence-electron chi connectivity index (χ4n) is 3.15. The third-order valence-electron chi connectivity index (χ3n) is 5.37. The number of anilines is 2. The highest BCUT2D eigenvalue weighted by Gasteiger charge is 2.48. The Balaban J connectivity index is 1.77. The predicted octanol–water partition coefficient (Wildman–Crippen LogP) is 4.11. The highest BCUT2D eigenvalue weighted by molar-refractivity contribution is 5.50. The SMILES string of the molecule is CC(F)(F)COc1ncccc1CNc1ncc(C(F)(F)F)c(NC2C[C@H](O)C2(C)C)n1. The number of ether oxygens (including phenoxy) is 1. The van der Waals surface area contributed by atoms with Crippen molar-refractivity contribution in [3.63, 3.8) is 0 Å². The summed E-state index contributed by atoms with van der Waals surface area (Å²) in [7, 11) is 0. The fraction of sp³-hybridized carbons (Fsp3) is 0.550. The molecule has 2 aromatic rings. The third-order valence-corrected chi connectivity index (χ3v) is 5.37. The Labute approximate surface area is 181 Å². The quantitative estimate of drug-likeness (QED) is 0.510. The summed E-state index contributed by atoms with van der Waals surface area (Å²) in [5.41, 5.74) is -1.25. The van der Waals surface area contributed by atoms with Crippen LogP contribution in [-0.2, 0) is 12.7 Å². The number of nitrogens with one attached hydrogen (secondary N) is 2. The lowest BCUT2D eigenvalue weighted by Gasteiger charge is -2.49. The van der Waals surface area contributed by atoms with Crippen LogP contribution in [0, 0.1) is 5.41 Å². The van der Waals surface area contributed by atoms with Gasteiger partial charge in [0.15, 0.2) is 6.61 Å². The molecule has 0 radical (unpaired) electrons. The molecule has 0 aliphatic heterocycles. The number of nitrogens with zero attached hydrogens (tertiary/aromatic N) is 3. The lowest BCUT2D eigenvalue weighted by atomic mass is 9.64. The van der Waals surface area contributed by atoms with Gasteiger partial charge < -0.3 is 20.5 Å². The van der Waals surface area contributed by atoms with E-state index in [0.717, 1.165) is 0 Å². The molecule has 3 N–H and O–H groups in total. The van der Waals surface area contributed by atoms with E-state index in [1.807, 2.05) is 0 Å². The van der Waals surface area contributed by atoms with Crippen molar-refractivity contribution >= 4 is 11.8 Å². The van der Waals surface area contributed by atoms with Gasteiger partial charge in [0.25, 0.3) is 5.92 Å². The van der Waals surface area contributed by atoms with Gasteiger partial charge in [-0.2, -0.15) is 18.2 Å². The smallest absolute Gasteiger partial charge is 0.421 e. The van der Waals surface area contributed by atoms with Crippen LogP contribution in [0.5, 0.6) is 5.88 Å². The first kappa shape index (κ1) is 23.9. The van der Waals surface area contributed by atoms with E-state index < -0.39 is 47.6 Å². The molecule has 1 saturated carbocycles. The van der Waals surface area contributed by atoms with E-state index in [1.165, 1.54) is 6.20 Å². The van der Waals surface area contributed by atoms with Crippen molar-refractivity contribution in [3.8, 4) is 5.88 Å². The van der Waals surface area contributed by atoms with Gasteiger partial charge in [0, 0.05) is 42.9 Å². The molecule has 176 valence electrons. The van der Waals surface area contributed by atoms with E-state index >= 15 is 0 Å². The van der Waals surface area contributed by atoms with E-state index in [0.29, 0.717) is 18.7 Å². The van der Waals surface area contributed by atoms with Crippen molar-refractivity contribution in [1.29, 1.82) is 0 Å². The Morgan fingerprint density at radius 3 is 2.53 bits per heavy atom. The summed E-state index contributed by atoms with van der Waals surface area (Å²) < 4.78 is 71.5. The molecule has 1 fully saturated rings. The summed E-state index contributed by atoms with van der Waals surface area (Å²) in [6.45, 7) is 3.31. The number of pyridine rings is 1. The van der Waals surface area contributed by atoms with Gasteiger partial charge in [-0.05, 0) is 12.5 Å². The van der Waals surface area contributed by atoms with Crippen LogP contribution in [0.3, 0.4) is 0 Å². The van der Waals surface area contributed by atoms with Gasteiger partial charge in [0.1, 0.15) is 11.4 Å². The minimum atomic E-state index is -4.68. The number of hydrogen-bond acceptors (Lipinski definition) is 7. The molecule has 0 saturated heterocycles. The highest BCUT2D eigenvalue weighted by Crippen LogP contribution is 2.43. The first-order chi connectivity index (χ1) is 14.8. The average molecular weight is 461 g/mol. The Morgan fingerprint density at radius 2 is 1.94 bits per heavy atom. The maximum Gasteiger partial charge on any atom is 0.421 e. The van der Waals surface area contributed by atoms with Crippen molar-refractivity contribution in [2.24, 2.45) is 5.41 Å². The number of rotatable bonds is 8. The van der Waals surface area contributed by atoms with Crippen LogP contribution >= 0.6 is 0 Å². The van der Waals surface area contributed by atoms with E-state index in [2.05, 4.69) is 25.6 Å². The second-order valence-electron chi connectivity index (χ2n) is 8.40. The summed E-state index contributed by atoms with van der Waals surface area (Å²) in [5.74, 6) is -3.60. The molecule has 2 aromatic heterocycles. The molecule has 7 nitrogen and oxygen atoms in total. The molecule has 0 bridgehead atoms. The van der Waals surface area contributed by atoms with Crippen LogP contribution in [0.2, 0.25) is 0 Å². The van der Waals surface area contributed by atoms with Gasteiger partial charge in [0.05, 0.1) is 6.10 Å². The van der Waals surface area contributed by atoms with E-state index in [4.69, 9.17) is 4.74 Å². The second-order valence-corrected chi connectivity index (χ2v) is 8.40. The number of halogens is 5. The molecule has 0 aromatic carbocycles. The lowest BCUT2D eigenvalue weighted by Crippen LogP contribution is -2.57. The van der Waals surface area contributed by atoms with Crippen molar-refractivity contribution in [2.75, 3.05) is 17.2 Å². The zero-order valence-corrected chi connectivity index (χ0v) is 17.7. The standard InChI is InChI=1S/C20H24F5N5O2/c1-18(2)13(7-14(18)31)29-15-12(20(23,24)25)9-28-17(30-15)27-8-11-5-4-6-26-16(11)32-10-19(3,21)22/h4-6,9,13-14,31H,7-8,10H2,1-3H3,(H2,27,28,29,30)/t13?,14-/m0/s1. The number of alkyl halides is 5. The van der Waals surface area contributed by atoms with Crippen molar-refractivity contribution < 1.29 is 31.8 Å². The fourth-order valence-corrected chi connectivity index (χ4v) is 3.15. The summed E-state index contributed by atoms with van der Waals surface area (Å²) in [6, 6.07) is 2.74. The number of aliphatic hydroxyl groups excluding tert-OH is 1. The van der Waals surface area contributed by atoms with Gasteiger partial charge in [-0.15, -0.1) is 0 Å². The zero-order valence-electron chi connectivity index (χ0n) is 17.7. The topological polar surface area (TPSA) is 92.2 Å². The number of aliphatic hydroxyl groups is 1. The molecule has 1 aliphatic rings. The van der Waals surface area contributed by atoms with E-state index in [1.54, 1.807) is 26.0 Å². The van der Waals surface area contributed by atoms with Gasteiger partial charge in [-0.25, -0.2) is 18.7 Å². The maximum absolute atomic E-state index is 13.4. The molecule has 2 atom stereocenters. The van der Waals surface area contributed by atoms with E-state index in [9.17, 15) is 27.1 Å². The first-order valence-corrected chi connectivity index (χ1v) is 9.84. The average Bonchev–Trinajstić information content (AvgIpc) is 2.70. The summed E-state index contributed by atoms with van der Waals surface area (Å²) in [4.78, 5) is 11.6. The van der Waals surface area contributed by atoms with Crippen LogP contribution in [0.25, 0.3) is 0 Å². The Morgan fingerprint density at radius 1 is 1.22 bits per heavy atom. The Bertz CT molecular complexity index is 949. The number of aromatic nitrogens is 3. The lowest BCUT2D eigenvalue weighted by molar-refractivity contribution is -0.137. The van der Waals surface area contributed by atoms with Gasteiger partial charge in [-0.3, -0.25) is 0 Å². The molecule has 2 heterocycles. The van der Waals surface area contributed by atoms with Crippen LogP contribution in [-0.4, -0.2) is 44.7 Å². The Kier molecular flexibility index (Phi) is 6.45. The molecule has 1 unspecified atom stereocenters. The van der Waals surface area contributed by atoms with E-state index in [-0.39, 0.29) is 24.8 Å². The zero-order chi connectivity index (χ0) is 23.7. The van der Waals surface area contributed by atoms with Crippen LogP contribution in [0.4, 0.5) is 33.7 Å². The normalized spacial score (nSPS) is 20.4. The molecule has 3 rings (SSSR count). The van der Waals surface area contributed by atoms with Crippen LogP contribution < -0.4 is 15.4 Å². The van der Waals surface area contributed by atoms with Gasteiger partial charge in [0.2, 0.25) is 11.8 Å². The van der Waals surface area contributed by atoms with Crippen molar-refractivity contribution in [2.45, 2.75) is 58.0 Å². The van der Waals surface area contributed by atoms with Crippen molar-refractivity contribution in [1.82, 2.24) is 15.0 Å². The monoisotopic (exact) mass is 461 g/mol. The molecule has 12 heteroatoms. The number of hydrogen-bond donors (Lipinski definition) is 3. The molecule has 0 amide bonds. The third kappa shape index (κ3) is 5.53. The second kappa shape index (κ2) is 8.64.